The van der Waals surface area contributed by atoms with Gasteiger partial charge in [0.25, 0.3) is 11.8 Å². The lowest BCUT2D eigenvalue weighted by atomic mass is 9.95. The Kier molecular flexibility index (Phi) is 14.8. The summed E-state index contributed by atoms with van der Waals surface area (Å²) in [7, 11) is 2.11. The molecule has 53 heavy (non-hydrogen) atoms. The van der Waals surface area contributed by atoms with Crippen LogP contribution in [0.15, 0.2) is 60.7 Å². The molecule has 0 spiro atoms. The van der Waals surface area contributed by atoms with Gasteiger partial charge in [-0.3, -0.25) is 9.59 Å². The average Bonchev–Trinajstić information content (AvgIpc) is 3.59. The molecule has 5 heteroatoms. The zero-order valence-electron chi connectivity index (χ0n) is 34.1. The number of benzene rings is 3. The van der Waals surface area contributed by atoms with Crippen molar-refractivity contribution < 1.29 is 9.59 Å². The quantitative estimate of drug-likeness (QED) is 0.0814. The molecule has 5 nitrogen and oxygen atoms in total. The minimum atomic E-state index is -0.0384. The van der Waals surface area contributed by atoms with Crippen LogP contribution in [0.5, 0.6) is 0 Å². The second-order valence-corrected chi connectivity index (χ2v) is 15.9. The van der Waals surface area contributed by atoms with Gasteiger partial charge in [0.2, 0.25) is 0 Å². The fraction of sp³-hybridized carbons (Fsp3) is 0.542. The Hall–Kier alpha value is -3.86. The lowest BCUT2D eigenvalue weighted by Crippen LogP contribution is -2.34. The second kappa shape index (κ2) is 19.5. The van der Waals surface area contributed by atoms with E-state index in [0.717, 1.165) is 97.2 Å². The summed E-state index contributed by atoms with van der Waals surface area (Å²) in [5.74, 6) is 0.748. The molecule has 2 heterocycles. The minimum absolute atomic E-state index is 0.0306. The third-order valence-electron chi connectivity index (χ3n) is 11.9. The summed E-state index contributed by atoms with van der Waals surface area (Å²) in [6.07, 6.45) is 17.8. The van der Waals surface area contributed by atoms with E-state index in [1.807, 2.05) is 9.80 Å². The maximum Gasteiger partial charge on any atom is 0.259 e. The zero-order valence-corrected chi connectivity index (χ0v) is 34.1. The van der Waals surface area contributed by atoms with Gasteiger partial charge in [0, 0.05) is 42.6 Å². The summed E-state index contributed by atoms with van der Waals surface area (Å²) >= 11 is 0. The molecular weight excluding hydrogens is 651 g/mol. The van der Waals surface area contributed by atoms with Crippen LogP contribution in [0.3, 0.4) is 0 Å². The number of fused-ring (bicyclic) bond motifs is 2. The lowest BCUT2D eigenvalue weighted by molar-refractivity contribution is -0.114. The Labute approximate surface area is 321 Å². The molecule has 2 atom stereocenters. The van der Waals surface area contributed by atoms with Crippen LogP contribution >= 0.6 is 0 Å². The van der Waals surface area contributed by atoms with Crippen molar-refractivity contribution >= 4 is 45.7 Å². The number of carbonyl (C=O) groups excluding carboxylic acids is 2. The van der Waals surface area contributed by atoms with Gasteiger partial charge in [0.15, 0.2) is 0 Å². The van der Waals surface area contributed by atoms with Gasteiger partial charge < -0.3 is 14.7 Å². The van der Waals surface area contributed by atoms with Crippen molar-refractivity contribution in [1.82, 2.24) is 0 Å². The molecule has 3 aromatic carbocycles. The first-order chi connectivity index (χ1) is 25.8. The molecule has 286 valence electrons. The van der Waals surface area contributed by atoms with Crippen molar-refractivity contribution in [3.8, 4) is 0 Å². The summed E-state index contributed by atoms with van der Waals surface area (Å²) in [5, 5.41) is 0. The van der Waals surface area contributed by atoms with Crippen molar-refractivity contribution in [2.45, 2.75) is 138 Å². The Bertz CT molecular complexity index is 1710. The van der Waals surface area contributed by atoms with Crippen LogP contribution in [0, 0.1) is 18.8 Å². The molecule has 3 aromatic rings. The van der Waals surface area contributed by atoms with Gasteiger partial charge >= 0.3 is 0 Å². The lowest BCUT2D eigenvalue weighted by Gasteiger charge is -2.25. The van der Waals surface area contributed by atoms with Crippen molar-refractivity contribution in [2.24, 2.45) is 11.8 Å². The van der Waals surface area contributed by atoms with E-state index in [-0.39, 0.29) is 11.8 Å². The maximum atomic E-state index is 14.9. The van der Waals surface area contributed by atoms with E-state index < -0.39 is 0 Å². The highest BCUT2D eigenvalue weighted by molar-refractivity contribution is 6.50. The average molecular weight is 718 g/mol. The van der Waals surface area contributed by atoms with Crippen LogP contribution in [-0.2, 0) is 16.0 Å². The second-order valence-electron chi connectivity index (χ2n) is 15.9. The molecule has 0 N–H and O–H groups in total. The van der Waals surface area contributed by atoms with Crippen molar-refractivity contribution in [1.29, 1.82) is 0 Å². The summed E-state index contributed by atoms with van der Waals surface area (Å²) in [4.78, 5) is 35.7. The third kappa shape index (κ3) is 9.45. The number of amides is 2. The molecule has 5 rings (SSSR count). The summed E-state index contributed by atoms with van der Waals surface area (Å²) < 4.78 is 0. The topological polar surface area (TPSA) is 43.9 Å². The number of hydrogen-bond donors (Lipinski definition) is 0. The van der Waals surface area contributed by atoms with Crippen LogP contribution in [0.25, 0.3) is 11.1 Å². The summed E-state index contributed by atoms with van der Waals surface area (Å²) in [6.45, 7) is 14.6. The van der Waals surface area contributed by atoms with Gasteiger partial charge in [-0.25, -0.2) is 0 Å². The molecule has 2 aliphatic rings. The van der Waals surface area contributed by atoms with E-state index in [1.165, 1.54) is 44.1 Å². The number of rotatable bonds is 21. The van der Waals surface area contributed by atoms with Crippen LogP contribution < -0.4 is 14.7 Å². The van der Waals surface area contributed by atoms with Crippen molar-refractivity contribution in [3.05, 3.63) is 82.9 Å². The van der Waals surface area contributed by atoms with E-state index in [4.69, 9.17) is 0 Å². The Morgan fingerprint density at radius 2 is 1.06 bits per heavy atom. The molecule has 2 amide bonds. The summed E-state index contributed by atoms with van der Waals surface area (Å²) in [5.41, 5.74) is 9.45. The predicted octanol–water partition coefficient (Wildman–Crippen LogP) is 12.7. The van der Waals surface area contributed by atoms with E-state index in [2.05, 4.69) is 114 Å². The molecule has 0 fully saturated rings. The number of aryl methyl sites for hydroxylation is 2. The Balaban J connectivity index is 1.50. The first kappa shape index (κ1) is 40.3. The Morgan fingerprint density at radius 3 is 1.60 bits per heavy atom. The standard InChI is InChI=1S/C48H67N3O2/c1-8-13-16-17-18-19-22-38-24-26-39(27-25-38)49(7)40-28-30-42-44(32-40)51(34-37(12-5)21-15-10-3)48(53)46(42)45-41-29-23-35(6)31-43(41)50(47(45)52)33-36(11-4)20-14-9-2/h23-32,36-37H,8-22,33-34H2,1-7H3/b46-45+. The summed E-state index contributed by atoms with van der Waals surface area (Å²) in [6, 6.07) is 21.7. The van der Waals surface area contributed by atoms with Gasteiger partial charge in [-0.2, -0.15) is 0 Å². The molecule has 0 saturated heterocycles. The molecule has 2 aliphatic heterocycles. The molecule has 0 radical (unpaired) electrons. The fourth-order valence-electron chi connectivity index (χ4n) is 8.30. The van der Waals surface area contributed by atoms with Crippen LogP contribution in [0.2, 0.25) is 0 Å². The highest BCUT2D eigenvalue weighted by Crippen LogP contribution is 2.48. The molecule has 0 aromatic heterocycles. The van der Waals surface area contributed by atoms with Gasteiger partial charge in [0.05, 0.1) is 22.5 Å². The number of nitrogens with zero attached hydrogens (tertiary/aromatic N) is 3. The molecule has 0 bridgehead atoms. The normalized spacial score (nSPS) is 16.4. The van der Waals surface area contributed by atoms with Crippen molar-refractivity contribution in [2.75, 3.05) is 34.8 Å². The third-order valence-corrected chi connectivity index (χ3v) is 11.9. The first-order valence-electron chi connectivity index (χ1n) is 21.2. The SMILES string of the molecule is CCCCCCCCc1ccc(N(C)c2ccc3c(c2)N(CC(CC)CCCC)C(=O)/C3=C2/C(=O)N(CC(CC)CCCC)c3cc(C)ccc32)cc1. The van der Waals surface area contributed by atoms with Crippen LogP contribution in [0.4, 0.5) is 22.7 Å². The zero-order chi connectivity index (χ0) is 37.9. The largest absolute Gasteiger partial charge is 0.345 e. The molecular formula is C48H67N3O2. The number of hydrogen-bond acceptors (Lipinski definition) is 3. The predicted molar refractivity (Wildman–Crippen MR) is 227 cm³/mol. The van der Waals surface area contributed by atoms with Gasteiger partial charge in [-0.1, -0.05) is 130 Å². The number of carbonyl (C=O) groups is 2. The highest BCUT2D eigenvalue weighted by atomic mass is 16.2. The molecule has 0 aliphatic carbocycles. The number of unbranched alkanes of at least 4 members (excludes halogenated alkanes) is 7. The van der Waals surface area contributed by atoms with Gasteiger partial charge in [-0.05, 0) is 92.0 Å². The van der Waals surface area contributed by atoms with Crippen LogP contribution in [-0.4, -0.2) is 32.0 Å². The maximum absolute atomic E-state index is 14.9. The van der Waals surface area contributed by atoms with E-state index in [1.54, 1.807) is 0 Å². The molecule has 0 saturated carbocycles. The highest BCUT2D eigenvalue weighted by Gasteiger charge is 2.43. The first-order valence-corrected chi connectivity index (χ1v) is 21.2. The van der Waals surface area contributed by atoms with Gasteiger partial charge in [-0.15, -0.1) is 0 Å². The van der Waals surface area contributed by atoms with E-state index in [9.17, 15) is 9.59 Å². The van der Waals surface area contributed by atoms with E-state index in [0.29, 0.717) is 36.1 Å². The Morgan fingerprint density at radius 1 is 0.566 bits per heavy atom. The number of anilines is 4. The fourth-order valence-corrected chi connectivity index (χ4v) is 8.30. The van der Waals surface area contributed by atoms with Crippen molar-refractivity contribution in [3.63, 3.8) is 0 Å². The minimum Gasteiger partial charge on any atom is -0.345 e. The molecule has 2 unspecified atom stereocenters. The van der Waals surface area contributed by atoms with E-state index >= 15 is 0 Å². The van der Waals surface area contributed by atoms with Crippen LogP contribution in [0.1, 0.15) is 147 Å². The monoisotopic (exact) mass is 718 g/mol. The smallest absolute Gasteiger partial charge is 0.259 e. The van der Waals surface area contributed by atoms with Gasteiger partial charge in [0.1, 0.15) is 0 Å².